The van der Waals surface area contributed by atoms with Gasteiger partial charge in [0, 0.05) is 24.5 Å². The van der Waals surface area contributed by atoms with E-state index in [1.165, 1.54) is 29.8 Å². The number of hydrogen-bond acceptors (Lipinski definition) is 7. The van der Waals surface area contributed by atoms with Gasteiger partial charge in [-0.25, -0.2) is 14.0 Å². The molecule has 2 aromatic heterocycles. The number of esters is 1. The van der Waals surface area contributed by atoms with E-state index in [0.717, 1.165) is 47.4 Å². The van der Waals surface area contributed by atoms with Gasteiger partial charge in [-0.05, 0) is 36.8 Å². The van der Waals surface area contributed by atoms with Crippen molar-refractivity contribution in [2.75, 3.05) is 25.0 Å². The number of carbonyl (C=O) groups is 1. The normalized spacial score (nSPS) is 16.2. The Bertz CT molecular complexity index is 1040. The van der Waals surface area contributed by atoms with Crippen LogP contribution in [0.3, 0.4) is 0 Å². The Morgan fingerprint density at radius 2 is 2.14 bits per heavy atom. The zero-order chi connectivity index (χ0) is 19.7. The van der Waals surface area contributed by atoms with Crippen LogP contribution in [-0.2, 0) is 20.5 Å². The van der Waals surface area contributed by atoms with E-state index in [-0.39, 0.29) is 0 Å². The van der Waals surface area contributed by atoms with Gasteiger partial charge in [-0.15, -0.1) is 22.7 Å². The van der Waals surface area contributed by atoms with Crippen LogP contribution in [0, 0.1) is 6.92 Å². The number of nitrogens with one attached hydrogen (secondary N) is 1. The second kappa shape index (κ2) is 8.28. The molecule has 3 heterocycles. The first-order valence-electron chi connectivity index (χ1n) is 8.90. The monoisotopic (exact) mass is 436 g/mol. The smallest absolute Gasteiger partial charge is 0.339 e. The molecule has 6 nitrogen and oxygen atoms in total. The van der Waals surface area contributed by atoms with Crippen LogP contribution in [-0.4, -0.2) is 35.5 Å². The van der Waals surface area contributed by atoms with Gasteiger partial charge >= 0.3 is 5.97 Å². The van der Waals surface area contributed by atoms with Crippen LogP contribution in [0.5, 0.6) is 0 Å². The fourth-order valence-electron chi connectivity index (χ4n) is 3.31. The fraction of sp³-hybridized carbons (Fsp3) is 0.368. The fourth-order valence-corrected chi connectivity index (χ4v) is 6.77. The topological polar surface area (TPSA) is 77.5 Å². The van der Waals surface area contributed by atoms with Gasteiger partial charge in [0.1, 0.15) is 4.21 Å². The number of ether oxygens (including phenoxy) is 2. The summed E-state index contributed by atoms with van der Waals surface area (Å²) in [5, 5.41) is 3.59. The quantitative estimate of drug-likeness (QED) is 0.597. The average molecular weight is 437 g/mol. The summed E-state index contributed by atoms with van der Waals surface area (Å²) in [6.07, 6.45) is 1.94. The number of carbonyl (C=O) groups excluding carboxylic acids is 1. The van der Waals surface area contributed by atoms with Crippen LogP contribution in [0.2, 0.25) is 0 Å². The standard InChI is InChI=1S/C19H20N2O4S3/c1-11-13-4-3-5-14(17(22)24-2)16(13)27-18(11)28(23)21-19-20-15(10-26-19)12-6-8-25-9-7-12/h3-5,10,12H,6-9H2,1-2H3,(H,20,21). The number of rotatable bonds is 5. The summed E-state index contributed by atoms with van der Waals surface area (Å²) in [5.41, 5.74) is 2.43. The van der Waals surface area contributed by atoms with Gasteiger partial charge in [0.25, 0.3) is 0 Å². The zero-order valence-electron chi connectivity index (χ0n) is 15.5. The maximum Gasteiger partial charge on any atom is 0.339 e. The van der Waals surface area contributed by atoms with Gasteiger partial charge in [-0.3, -0.25) is 4.72 Å². The van der Waals surface area contributed by atoms with Gasteiger partial charge in [0.15, 0.2) is 16.1 Å². The Morgan fingerprint density at radius 3 is 2.89 bits per heavy atom. The molecular formula is C19H20N2O4S3. The second-order valence-electron chi connectivity index (χ2n) is 6.52. The largest absolute Gasteiger partial charge is 0.465 e. The number of hydrogen-bond donors (Lipinski definition) is 1. The van der Waals surface area contributed by atoms with E-state index in [1.54, 1.807) is 6.07 Å². The molecule has 1 aliphatic heterocycles. The highest BCUT2D eigenvalue weighted by Crippen LogP contribution is 2.36. The minimum absolute atomic E-state index is 0.391. The molecule has 0 radical (unpaired) electrons. The molecule has 1 saturated heterocycles. The van der Waals surface area contributed by atoms with Crippen LogP contribution in [0.1, 0.15) is 40.4 Å². The Hall–Kier alpha value is -1.81. The van der Waals surface area contributed by atoms with E-state index in [4.69, 9.17) is 9.47 Å². The summed E-state index contributed by atoms with van der Waals surface area (Å²) >= 11 is 2.82. The van der Waals surface area contributed by atoms with E-state index >= 15 is 0 Å². The maximum atomic E-state index is 13.0. The molecule has 148 valence electrons. The van der Waals surface area contributed by atoms with Crippen molar-refractivity contribution in [3.63, 3.8) is 0 Å². The first-order chi connectivity index (χ1) is 13.6. The minimum atomic E-state index is -1.45. The van der Waals surface area contributed by atoms with Crippen molar-refractivity contribution in [3.05, 3.63) is 40.4 Å². The minimum Gasteiger partial charge on any atom is -0.465 e. The Kier molecular flexibility index (Phi) is 5.77. The highest BCUT2D eigenvalue weighted by atomic mass is 32.2. The summed E-state index contributed by atoms with van der Waals surface area (Å²) in [5.74, 6) is 0.0147. The third kappa shape index (κ3) is 3.71. The van der Waals surface area contributed by atoms with Crippen molar-refractivity contribution in [3.8, 4) is 0 Å². The highest BCUT2D eigenvalue weighted by Gasteiger charge is 2.22. The van der Waals surface area contributed by atoms with Crippen molar-refractivity contribution in [2.45, 2.75) is 29.9 Å². The lowest BCUT2D eigenvalue weighted by Gasteiger charge is -2.19. The molecular weight excluding hydrogens is 416 g/mol. The molecule has 9 heteroatoms. The Morgan fingerprint density at radius 1 is 1.36 bits per heavy atom. The number of aromatic nitrogens is 1. The summed E-state index contributed by atoms with van der Waals surface area (Å²) in [6, 6.07) is 5.47. The number of thiazole rings is 1. The maximum absolute atomic E-state index is 13.0. The highest BCUT2D eigenvalue weighted by molar-refractivity contribution is 7.89. The molecule has 0 amide bonds. The van der Waals surface area contributed by atoms with Crippen LogP contribution in [0.4, 0.5) is 5.13 Å². The number of aryl methyl sites for hydroxylation is 1. The molecule has 0 saturated carbocycles. The lowest BCUT2D eigenvalue weighted by Crippen LogP contribution is -2.14. The molecule has 1 aromatic carbocycles. The third-order valence-corrected chi connectivity index (χ3v) is 8.60. The molecule has 1 fully saturated rings. The molecule has 1 atom stereocenters. The predicted octanol–water partition coefficient (Wildman–Crippen LogP) is 4.48. The number of thiophene rings is 1. The van der Waals surface area contributed by atoms with Gasteiger partial charge in [-0.2, -0.15) is 0 Å². The van der Waals surface area contributed by atoms with Gasteiger partial charge in [-0.1, -0.05) is 12.1 Å². The molecule has 0 aliphatic carbocycles. The number of nitrogens with zero attached hydrogens (tertiary/aromatic N) is 1. The van der Waals surface area contributed by atoms with E-state index < -0.39 is 17.0 Å². The molecule has 3 aromatic rings. The molecule has 1 unspecified atom stereocenters. The van der Waals surface area contributed by atoms with E-state index in [1.807, 2.05) is 24.4 Å². The van der Waals surface area contributed by atoms with Crippen molar-refractivity contribution < 1.29 is 18.5 Å². The van der Waals surface area contributed by atoms with Crippen molar-refractivity contribution in [2.24, 2.45) is 0 Å². The van der Waals surface area contributed by atoms with Crippen LogP contribution in [0.15, 0.2) is 27.8 Å². The molecule has 28 heavy (non-hydrogen) atoms. The van der Waals surface area contributed by atoms with E-state index in [2.05, 4.69) is 9.71 Å². The first-order valence-corrected chi connectivity index (χ1v) is 11.7. The lowest BCUT2D eigenvalue weighted by molar-refractivity contribution is 0.0603. The summed E-state index contributed by atoms with van der Waals surface area (Å²) in [4.78, 5) is 16.7. The summed E-state index contributed by atoms with van der Waals surface area (Å²) in [6.45, 7) is 3.45. The molecule has 0 spiro atoms. The van der Waals surface area contributed by atoms with Crippen LogP contribution in [0.25, 0.3) is 10.1 Å². The van der Waals surface area contributed by atoms with Crippen molar-refractivity contribution in [1.82, 2.24) is 4.98 Å². The van der Waals surface area contributed by atoms with Crippen molar-refractivity contribution in [1.29, 1.82) is 0 Å². The molecule has 0 bridgehead atoms. The van der Waals surface area contributed by atoms with E-state index in [9.17, 15) is 9.00 Å². The Labute approximate surface area is 173 Å². The van der Waals surface area contributed by atoms with Crippen LogP contribution < -0.4 is 4.72 Å². The number of benzene rings is 1. The third-order valence-electron chi connectivity index (χ3n) is 4.84. The van der Waals surface area contributed by atoms with Gasteiger partial charge in [0.2, 0.25) is 0 Å². The molecule has 1 N–H and O–H groups in total. The second-order valence-corrected chi connectivity index (χ2v) is 9.81. The Balaban J connectivity index is 1.58. The molecule has 1 aliphatic rings. The summed E-state index contributed by atoms with van der Waals surface area (Å²) in [7, 11) is -0.0922. The number of anilines is 1. The van der Waals surface area contributed by atoms with Crippen molar-refractivity contribution >= 4 is 54.8 Å². The number of fused-ring (bicyclic) bond motifs is 1. The zero-order valence-corrected chi connectivity index (χ0v) is 18.0. The average Bonchev–Trinajstić information content (AvgIpc) is 3.33. The predicted molar refractivity (Wildman–Crippen MR) is 113 cm³/mol. The molecule has 4 rings (SSSR count). The van der Waals surface area contributed by atoms with Gasteiger partial charge in [0.05, 0.1) is 23.1 Å². The SMILES string of the molecule is COC(=O)c1cccc2c(C)c(S(=O)Nc3nc(C4CCOCC4)cs3)sc12. The summed E-state index contributed by atoms with van der Waals surface area (Å²) < 4.78 is 27.8. The van der Waals surface area contributed by atoms with E-state index in [0.29, 0.717) is 20.8 Å². The van der Waals surface area contributed by atoms with Crippen LogP contribution >= 0.6 is 22.7 Å². The van der Waals surface area contributed by atoms with Gasteiger partial charge < -0.3 is 9.47 Å². The first kappa shape index (κ1) is 19.5. The lowest BCUT2D eigenvalue weighted by atomic mass is 9.98. The number of methoxy groups -OCH3 is 1.